The highest BCUT2D eigenvalue weighted by atomic mass is 127. The number of carbonyl (C=O) groups excluding carboxylic acids is 3. The zero-order valence-corrected chi connectivity index (χ0v) is 21.1. The van der Waals surface area contributed by atoms with E-state index in [9.17, 15) is 14.4 Å². The van der Waals surface area contributed by atoms with Crippen LogP contribution >= 0.6 is 56.9 Å². The number of anilines is 1. The normalized spacial score (nSPS) is 16.2. The first kappa shape index (κ1) is 22.2. The Morgan fingerprint density at radius 1 is 1.23 bits per heavy atom. The molecule has 0 aliphatic carbocycles. The van der Waals surface area contributed by atoms with Crippen LogP contribution in [0.3, 0.4) is 0 Å². The number of nitrogens with one attached hydrogen (secondary N) is 1. The monoisotopic (exact) mass is 664 g/mol. The number of nitrogens with zero attached hydrogens (tertiary/aromatic N) is 1. The van der Waals surface area contributed by atoms with Crippen molar-refractivity contribution in [1.29, 1.82) is 0 Å². The van der Waals surface area contributed by atoms with Gasteiger partial charge in [-0.1, -0.05) is 0 Å². The molecule has 0 atom stereocenters. The molecule has 0 aromatic heterocycles. The average Bonchev–Trinajstić information content (AvgIpc) is 3.27. The van der Waals surface area contributed by atoms with Crippen molar-refractivity contribution in [2.24, 2.45) is 0 Å². The second-order valence-corrected chi connectivity index (χ2v) is 9.80. The quantitative estimate of drug-likeness (QED) is 0.377. The van der Waals surface area contributed by atoms with Crippen molar-refractivity contribution in [2.45, 2.75) is 0 Å². The van der Waals surface area contributed by atoms with E-state index in [2.05, 4.69) is 50.5 Å². The molecule has 0 spiro atoms. The van der Waals surface area contributed by atoms with E-state index >= 15 is 0 Å². The summed E-state index contributed by atoms with van der Waals surface area (Å²) in [6, 6.07) is 8.77. The van der Waals surface area contributed by atoms with Crippen molar-refractivity contribution in [1.82, 2.24) is 4.90 Å². The van der Waals surface area contributed by atoms with E-state index in [-0.39, 0.29) is 11.7 Å². The summed E-state index contributed by atoms with van der Waals surface area (Å²) in [6.45, 7) is -0.266. The van der Waals surface area contributed by atoms with Gasteiger partial charge in [-0.15, -0.1) is 0 Å². The van der Waals surface area contributed by atoms with Gasteiger partial charge in [-0.3, -0.25) is 19.3 Å². The first-order valence-corrected chi connectivity index (χ1v) is 11.8. The summed E-state index contributed by atoms with van der Waals surface area (Å²) in [5, 5.41) is 2.16. The molecule has 3 amide bonds. The molecule has 2 aliphatic rings. The maximum atomic E-state index is 12.8. The van der Waals surface area contributed by atoms with Crippen LogP contribution in [0.5, 0.6) is 17.2 Å². The van der Waals surface area contributed by atoms with Gasteiger partial charge in [0.2, 0.25) is 12.7 Å². The minimum atomic E-state index is -0.522. The van der Waals surface area contributed by atoms with Crippen molar-refractivity contribution in [3.05, 3.63) is 47.9 Å². The van der Waals surface area contributed by atoms with Gasteiger partial charge in [0, 0.05) is 20.9 Å². The molecule has 2 heterocycles. The third-order valence-corrected chi connectivity index (χ3v) is 6.69. The molecule has 0 bridgehead atoms. The largest absolute Gasteiger partial charge is 0.495 e. The Bertz CT molecular complexity index is 1140. The van der Waals surface area contributed by atoms with Crippen molar-refractivity contribution in [3.8, 4) is 17.2 Å². The molecule has 2 aromatic rings. The van der Waals surface area contributed by atoms with Crippen LogP contribution < -0.4 is 19.5 Å². The molecule has 2 aliphatic heterocycles. The minimum Gasteiger partial charge on any atom is -0.495 e. The van der Waals surface area contributed by atoms with Crippen LogP contribution in [0.2, 0.25) is 0 Å². The summed E-state index contributed by atoms with van der Waals surface area (Å²) in [4.78, 5) is 38.8. The Kier molecular flexibility index (Phi) is 6.62. The summed E-state index contributed by atoms with van der Waals surface area (Å²) in [6.07, 6.45) is 1.61. The first-order chi connectivity index (χ1) is 14.9. The molecular weight excluding hydrogens is 650 g/mol. The van der Waals surface area contributed by atoms with Gasteiger partial charge in [-0.05, 0) is 87.3 Å². The molecule has 1 saturated heterocycles. The molecule has 0 radical (unpaired) electrons. The van der Waals surface area contributed by atoms with Gasteiger partial charge >= 0.3 is 0 Å². The van der Waals surface area contributed by atoms with Gasteiger partial charge in [0.15, 0.2) is 11.5 Å². The highest BCUT2D eigenvalue weighted by Gasteiger charge is 2.36. The zero-order chi connectivity index (χ0) is 22.1. The number of benzene rings is 2. The van der Waals surface area contributed by atoms with E-state index in [1.165, 1.54) is 0 Å². The van der Waals surface area contributed by atoms with Gasteiger partial charge in [-0.25, -0.2) is 0 Å². The molecule has 11 heteroatoms. The Hall–Kier alpha value is -2.00. The third-order valence-electron chi connectivity index (χ3n) is 4.36. The van der Waals surface area contributed by atoms with Crippen LogP contribution in [0, 0.1) is 7.14 Å². The highest BCUT2D eigenvalue weighted by Crippen LogP contribution is 2.37. The second kappa shape index (κ2) is 9.24. The Morgan fingerprint density at radius 2 is 2.00 bits per heavy atom. The smallest absolute Gasteiger partial charge is 0.294 e. The fraction of sp³-hybridized carbons (Fsp3) is 0.150. The summed E-state index contributed by atoms with van der Waals surface area (Å²) in [7, 11) is 1.55. The molecule has 4 rings (SSSR count). The molecular formula is C20H14I2N2O6S. The lowest BCUT2D eigenvalue weighted by Gasteiger charge is -2.13. The molecule has 1 N–H and O–H groups in total. The van der Waals surface area contributed by atoms with Gasteiger partial charge in [0.05, 0.1) is 15.6 Å². The Morgan fingerprint density at radius 3 is 2.77 bits per heavy atom. The maximum Gasteiger partial charge on any atom is 0.294 e. The highest BCUT2D eigenvalue weighted by molar-refractivity contribution is 14.1. The Balaban J connectivity index is 1.48. The number of hydrogen-bond acceptors (Lipinski definition) is 7. The second-order valence-electron chi connectivity index (χ2n) is 6.39. The van der Waals surface area contributed by atoms with E-state index in [1.807, 2.05) is 12.1 Å². The van der Waals surface area contributed by atoms with E-state index in [0.717, 1.165) is 23.8 Å². The Labute approximate surface area is 208 Å². The fourth-order valence-corrected chi connectivity index (χ4v) is 5.94. The van der Waals surface area contributed by atoms with Gasteiger partial charge < -0.3 is 19.5 Å². The van der Waals surface area contributed by atoms with Crippen LogP contribution in [0.25, 0.3) is 6.08 Å². The molecule has 0 unspecified atom stereocenters. The lowest BCUT2D eigenvalue weighted by Crippen LogP contribution is -2.36. The van der Waals surface area contributed by atoms with Crippen molar-refractivity contribution in [3.63, 3.8) is 0 Å². The number of methoxy groups -OCH3 is 1. The number of thioether (sulfide) groups is 1. The number of imide groups is 1. The number of hydrogen-bond donors (Lipinski definition) is 1. The number of amides is 3. The van der Waals surface area contributed by atoms with Crippen LogP contribution in [0.4, 0.5) is 10.5 Å². The molecule has 31 heavy (non-hydrogen) atoms. The molecule has 0 saturated carbocycles. The lowest BCUT2D eigenvalue weighted by molar-refractivity contribution is -0.127. The van der Waals surface area contributed by atoms with E-state index in [0.29, 0.717) is 28.5 Å². The fourth-order valence-electron chi connectivity index (χ4n) is 3.00. The number of fused-ring (bicyclic) bond motifs is 1. The predicted molar refractivity (Wildman–Crippen MR) is 132 cm³/mol. The number of halogens is 2. The number of ether oxygens (including phenoxy) is 3. The van der Waals surface area contributed by atoms with Gasteiger partial charge in [-0.2, -0.15) is 0 Å². The maximum absolute atomic E-state index is 12.8. The summed E-state index contributed by atoms with van der Waals surface area (Å²) in [5.41, 5.74) is 1.17. The summed E-state index contributed by atoms with van der Waals surface area (Å²) >= 11 is 5.12. The average molecular weight is 664 g/mol. The van der Waals surface area contributed by atoms with E-state index in [1.54, 1.807) is 31.4 Å². The SMILES string of the molecule is COc1c(I)cc(I)cc1/C=C1/SC(=O)N(CC(=O)Nc2ccc3c(c2)OCO3)C1=O. The summed E-state index contributed by atoms with van der Waals surface area (Å²) < 4.78 is 17.8. The molecule has 160 valence electrons. The van der Waals surface area contributed by atoms with E-state index < -0.39 is 23.6 Å². The van der Waals surface area contributed by atoms with Crippen molar-refractivity contribution >= 4 is 85.8 Å². The van der Waals surface area contributed by atoms with Crippen LogP contribution in [0.15, 0.2) is 35.2 Å². The molecule has 1 fully saturated rings. The van der Waals surface area contributed by atoms with Crippen LogP contribution in [-0.2, 0) is 9.59 Å². The van der Waals surface area contributed by atoms with Crippen molar-refractivity contribution in [2.75, 3.05) is 25.8 Å². The minimum absolute atomic E-state index is 0.125. The first-order valence-electron chi connectivity index (χ1n) is 8.83. The standard InChI is InChI=1S/C20H14I2N2O6S/c1-28-18-10(4-11(21)6-13(18)22)5-16-19(26)24(20(27)31-16)8-17(25)23-12-2-3-14-15(7-12)30-9-29-14/h2-7H,8-9H2,1H3,(H,23,25)/b16-5+. The summed E-state index contributed by atoms with van der Waals surface area (Å²) in [5.74, 6) is 0.714. The van der Waals surface area contributed by atoms with Crippen molar-refractivity contribution < 1.29 is 28.6 Å². The van der Waals surface area contributed by atoms with Gasteiger partial charge in [0.1, 0.15) is 12.3 Å². The van der Waals surface area contributed by atoms with Crippen LogP contribution in [0.1, 0.15) is 5.56 Å². The third kappa shape index (κ3) is 4.77. The molecule has 2 aromatic carbocycles. The van der Waals surface area contributed by atoms with E-state index in [4.69, 9.17) is 14.2 Å². The number of carbonyl (C=O) groups is 3. The topological polar surface area (TPSA) is 94.2 Å². The predicted octanol–water partition coefficient (Wildman–Crippen LogP) is 4.31. The van der Waals surface area contributed by atoms with Gasteiger partial charge in [0.25, 0.3) is 11.1 Å². The van der Waals surface area contributed by atoms with Crippen LogP contribution in [-0.4, -0.2) is 42.4 Å². The zero-order valence-electron chi connectivity index (χ0n) is 15.9. The lowest BCUT2D eigenvalue weighted by atomic mass is 10.2. The molecule has 8 nitrogen and oxygen atoms in total. The number of rotatable bonds is 5.